The van der Waals surface area contributed by atoms with Crippen LogP contribution < -0.4 is 10.6 Å². The topological polar surface area (TPSA) is 110 Å². The number of rotatable bonds is 4. The van der Waals surface area contributed by atoms with Crippen LogP contribution in [0.4, 0.5) is 11.4 Å². The Balaban J connectivity index is 2.33. The molecule has 1 heterocycles. The molecule has 7 heteroatoms. The maximum atomic E-state index is 11.1. The molecule has 3 N–H and O–H groups in total. The molecule has 7 nitrogen and oxygen atoms in total. The van der Waals surface area contributed by atoms with E-state index in [-0.39, 0.29) is 23.8 Å². The van der Waals surface area contributed by atoms with Crippen molar-refractivity contribution in [3.05, 3.63) is 33.9 Å². The van der Waals surface area contributed by atoms with Crippen LogP contribution in [0.2, 0.25) is 0 Å². The second-order valence-electron chi connectivity index (χ2n) is 4.28. The van der Waals surface area contributed by atoms with Gasteiger partial charge in [-0.1, -0.05) is 0 Å². The van der Waals surface area contributed by atoms with E-state index in [0.717, 1.165) is 0 Å². The van der Waals surface area contributed by atoms with Crippen molar-refractivity contribution in [1.29, 1.82) is 0 Å². The van der Waals surface area contributed by atoms with Crippen LogP contribution in [0.3, 0.4) is 0 Å². The van der Waals surface area contributed by atoms with Crippen LogP contribution in [0, 0.1) is 16.0 Å². The third-order valence-corrected chi connectivity index (χ3v) is 3.01. The molecular weight excluding hydrogens is 238 g/mol. The van der Waals surface area contributed by atoms with Gasteiger partial charge in [-0.3, -0.25) is 14.9 Å². The maximum absolute atomic E-state index is 11.1. The van der Waals surface area contributed by atoms with E-state index in [1.807, 2.05) is 0 Å². The minimum absolute atomic E-state index is 0.0554. The fraction of sp³-hybridized carbons (Fsp3) is 0.364. The van der Waals surface area contributed by atoms with Crippen molar-refractivity contribution in [3.8, 4) is 0 Å². The summed E-state index contributed by atoms with van der Waals surface area (Å²) >= 11 is 0. The lowest BCUT2D eigenvalue weighted by molar-refractivity contribution is -0.384. The first-order chi connectivity index (χ1) is 8.52. The zero-order valence-corrected chi connectivity index (χ0v) is 9.57. The van der Waals surface area contributed by atoms with Crippen molar-refractivity contribution >= 4 is 17.3 Å². The molecule has 1 aromatic carbocycles. The lowest BCUT2D eigenvalue weighted by atomic mass is 9.99. The summed E-state index contributed by atoms with van der Waals surface area (Å²) in [5, 5.41) is 19.8. The third-order valence-electron chi connectivity index (χ3n) is 3.01. The third kappa shape index (κ3) is 2.12. The normalized spacial score (nSPS) is 15.3. The van der Waals surface area contributed by atoms with Gasteiger partial charge < -0.3 is 15.7 Å². The highest BCUT2D eigenvalue weighted by atomic mass is 16.6. The van der Waals surface area contributed by atoms with Gasteiger partial charge in [-0.2, -0.15) is 0 Å². The van der Waals surface area contributed by atoms with E-state index >= 15 is 0 Å². The molecule has 0 atom stereocenters. The Labute approximate surface area is 103 Å². The van der Waals surface area contributed by atoms with Crippen LogP contribution in [0.25, 0.3) is 0 Å². The Morgan fingerprint density at radius 2 is 2.22 bits per heavy atom. The average molecular weight is 251 g/mol. The molecule has 96 valence electrons. The van der Waals surface area contributed by atoms with E-state index in [2.05, 4.69) is 0 Å². The van der Waals surface area contributed by atoms with Crippen LogP contribution in [0.1, 0.15) is 10.4 Å². The number of primary amides is 1. The molecule has 0 aromatic heterocycles. The second-order valence-corrected chi connectivity index (χ2v) is 4.28. The van der Waals surface area contributed by atoms with Crippen LogP contribution in [-0.2, 0) is 0 Å². The van der Waals surface area contributed by atoms with Gasteiger partial charge >= 0.3 is 0 Å². The molecule has 0 radical (unpaired) electrons. The Hall–Kier alpha value is -2.15. The van der Waals surface area contributed by atoms with Gasteiger partial charge in [0.05, 0.1) is 4.92 Å². The first-order valence-electron chi connectivity index (χ1n) is 5.47. The van der Waals surface area contributed by atoms with Crippen molar-refractivity contribution in [1.82, 2.24) is 0 Å². The number of aliphatic hydroxyl groups excluding tert-OH is 1. The fourth-order valence-corrected chi connectivity index (χ4v) is 1.97. The van der Waals surface area contributed by atoms with Gasteiger partial charge in [0.15, 0.2) is 0 Å². The highest BCUT2D eigenvalue weighted by molar-refractivity contribution is 5.94. The average Bonchev–Trinajstić information content (AvgIpc) is 2.27. The van der Waals surface area contributed by atoms with Gasteiger partial charge in [-0.05, 0) is 12.1 Å². The summed E-state index contributed by atoms with van der Waals surface area (Å²) < 4.78 is 0. The monoisotopic (exact) mass is 251 g/mol. The van der Waals surface area contributed by atoms with Crippen LogP contribution in [0.15, 0.2) is 18.2 Å². The second kappa shape index (κ2) is 4.61. The number of amides is 1. The molecule has 1 aliphatic rings. The summed E-state index contributed by atoms with van der Waals surface area (Å²) in [6.45, 7) is 1.14. The quantitative estimate of drug-likeness (QED) is 0.583. The smallest absolute Gasteiger partial charge is 0.292 e. The van der Waals surface area contributed by atoms with E-state index in [1.165, 1.54) is 18.2 Å². The fourth-order valence-electron chi connectivity index (χ4n) is 1.97. The van der Waals surface area contributed by atoms with Crippen LogP contribution >= 0.6 is 0 Å². The SMILES string of the molecule is NC(=O)c1ccc([N+](=O)[O-])c(N2CC(CO)C2)c1. The Bertz CT molecular complexity index is 497. The summed E-state index contributed by atoms with van der Waals surface area (Å²) in [4.78, 5) is 23.3. The molecule has 1 fully saturated rings. The molecule has 1 aliphatic heterocycles. The molecule has 1 amide bonds. The zero-order chi connectivity index (χ0) is 13.3. The maximum Gasteiger partial charge on any atom is 0.292 e. The van der Waals surface area contributed by atoms with Crippen LogP contribution in [0.5, 0.6) is 0 Å². The molecule has 1 aromatic rings. The number of carbonyl (C=O) groups is 1. The standard InChI is InChI=1S/C11H13N3O4/c12-11(16)8-1-2-9(14(17)18)10(3-8)13-4-7(5-13)6-15/h1-3,7,15H,4-6H2,(H2,12,16). The van der Waals surface area contributed by atoms with Gasteiger partial charge in [0, 0.05) is 37.2 Å². The molecular formula is C11H13N3O4. The number of benzene rings is 1. The lowest BCUT2D eigenvalue weighted by Crippen LogP contribution is -2.48. The molecule has 0 aliphatic carbocycles. The number of aliphatic hydroxyl groups is 1. The summed E-state index contributed by atoms with van der Waals surface area (Å²) in [7, 11) is 0. The van der Waals surface area contributed by atoms with Crippen molar-refractivity contribution in [2.24, 2.45) is 11.7 Å². The first kappa shape index (κ1) is 12.3. The predicted molar refractivity (Wildman–Crippen MR) is 64.4 cm³/mol. The van der Waals surface area contributed by atoms with Gasteiger partial charge in [0.25, 0.3) is 5.69 Å². The van der Waals surface area contributed by atoms with Gasteiger partial charge in [0.2, 0.25) is 5.91 Å². The van der Waals surface area contributed by atoms with Crippen LogP contribution in [-0.4, -0.2) is 35.6 Å². The molecule has 0 unspecified atom stereocenters. The first-order valence-corrected chi connectivity index (χ1v) is 5.47. The molecule has 18 heavy (non-hydrogen) atoms. The van der Waals surface area contributed by atoms with E-state index in [9.17, 15) is 14.9 Å². The van der Waals surface area contributed by atoms with Crippen molar-refractivity contribution in [3.63, 3.8) is 0 Å². The number of nitro benzene ring substituents is 1. The number of anilines is 1. The van der Waals surface area contributed by atoms with E-state index in [4.69, 9.17) is 10.8 Å². The number of hydrogen-bond donors (Lipinski definition) is 2. The summed E-state index contributed by atoms with van der Waals surface area (Å²) in [5.74, 6) is -0.493. The predicted octanol–water partition coefficient (Wildman–Crippen LogP) is 0.122. The highest BCUT2D eigenvalue weighted by Gasteiger charge is 2.31. The number of nitrogens with two attached hydrogens (primary N) is 1. The molecule has 0 bridgehead atoms. The van der Waals surface area contributed by atoms with Crippen molar-refractivity contribution < 1.29 is 14.8 Å². The number of nitro groups is 1. The summed E-state index contributed by atoms with van der Waals surface area (Å²) in [6.07, 6.45) is 0. The minimum atomic E-state index is -0.620. The summed E-state index contributed by atoms with van der Waals surface area (Å²) in [6, 6.07) is 4.04. The Morgan fingerprint density at radius 1 is 1.56 bits per heavy atom. The van der Waals surface area contributed by atoms with E-state index in [0.29, 0.717) is 18.8 Å². The number of carbonyl (C=O) groups excluding carboxylic acids is 1. The molecule has 0 saturated carbocycles. The van der Waals surface area contributed by atoms with Crippen molar-refractivity contribution in [2.45, 2.75) is 0 Å². The van der Waals surface area contributed by atoms with Gasteiger partial charge in [0.1, 0.15) is 5.69 Å². The molecule has 0 spiro atoms. The van der Waals surface area contributed by atoms with E-state index in [1.54, 1.807) is 4.90 Å². The van der Waals surface area contributed by atoms with Gasteiger partial charge in [-0.15, -0.1) is 0 Å². The Morgan fingerprint density at radius 3 is 2.72 bits per heavy atom. The van der Waals surface area contributed by atoms with Crippen molar-refractivity contribution in [2.75, 3.05) is 24.6 Å². The van der Waals surface area contributed by atoms with E-state index < -0.39 is 10.8 Å². The summed E-state index contributed by atoms with van der Waals surface area (Å²) in [5.41, 5.74) is 5.71. The number of nitrogens with zero attached hydrogens (tertiary/aromatic N) is 2. The molecule has 2 rings (SSSR count). The molecule has 1 saturated heterocycles. The largest absolute Gasteiger partial charge is 0.396 e. The Kier molecular flexibility index (Phi) is 3.15. The highest BCUT2D eigenvalue weighted by Crippen LogP contribution is 2.33. The van der Waals surface area contributed by atoms with Gasteiger partial charge in [-0.25, -0.2) is 0 Å². The minimum Gasteiger partial charge on any atom is -0.396 e. The zero-order valence-electron chi connectivity index (χ0n) is 9.57. The number of hydrogen-bond acceptors (Lipinski definition) is 5. The lowest BCUT2D eigenvalue weighted by Gasteiger charge is -2.39.